The summed E-state index contributed by atoms with van der Waals surface area (Å²) in [6, 6.07) is 13.0. The van der Waals surface area contributed by atoms with Crippen molar-refractivity contribution in [3.05, 3.63) is 70.9 Å². The van der Waals surface area contributed by atoms with E-state index in [1.165, 1.54) is 42.8 Å². The molecule has 0 saturated carbocycles. The second kappa shape index (κ2) is 9.15. The molecule has 9 nitrogen and oxygen atoms in total. The van der Waals surface area contributed by atoms with E-state index in [-0.39, 0.29) is 6.54 Å². The predicted molar refractivity (Wildman–Crippen MR) is 121 cm³/mol. The lowest BCUT2D eigenvalue weighted by molar-refractivity contribution is -0.117. The molecule has 4 aromatic rings. The maximum absolute atomic E-state index is 12.8. The van der Waals surface area contributed by atoms with Crippen molar-refractivity contribution in [1.29, 1.82) is 0 Å². The number of ether oxygens (including phenoxy) is 2. The smallest absolute Gasteiger partial charge is 0.350 e. The zero-order chi connectivity index (χ0) is 22.7. The van der Waals surface area contributed by atoms with Crippen LogP contribution in [0.5, 0.6) is 11.5 Å². The van der Waals surface area contributed by atoms with Gasteiger partial charge in [0.05, 0.1) is 19.9 Å². The van der Waals surface area contributed by atoms with Crippen LogP contribution in [0.25, 0.3) is 5.65 Å². The van der Waals surface area contributed by atoms with Crippen molar-refractivity contribution in [3.63, 3.8) is 0 Å². The molecule has 164 valence electrons. The molecule has 0 atom stereocenters. The molecule has 0 aliphatic rings. The Balaban J connectivity index is 1.59. The SMILES string of the molecule is COc1ccc(OC)c(NC(=O)Cn2nc3c(Sc4ccc(C)cc4)nccn3c2=O)c1. The highest BCUT2D eigenvalue weighted by Crippen LogP contribution is 2.29. The molecule has 32 heavy (non-hydrogen) atoms. The van der Waals surface area contributed by atoms with Crippen molar-refractivity contribution in [1.82, 2.24) is 19.2 Å². The molecule has 0 bridgehead atoms. The van der Waals surface area contributed by atoms with E-state index < -0.39 is 11.6 Å². The van der Waals surface area contributed by atoms with Crippen LogP contribution < -0.4 is 20.5 Å². The number of anilines is 1. The summed E-state index contributed by atoms with van der Waals surface area (Å²) in [4.78, 5) is 30.8. The zero-order valence-corrected chi connectivity index (χ0v) is 18.5. The van der Waals surface area contributed by atoms with Gasteiger partial charge in [0.25, 0.3) is 0 Å². The molecule has 0 aliphatic heterocycles. The summed E-state index contributed by atoms with van der Waals surface area (Å²) in [5.74, 6) is 0.611. The Kier molecular flexibility index (Phi) is 6.13. The normalized spacial score (nSPS) is 10.8. The van der Waals surface area contributed by atoms with Crippen LogP contribution >= 0.6 is 11.8 Å². The Hall–Kier alpha value is -3.79. The Morgan fingerprint density at radius 1 is 1.12 bits per heavy atom. The summed E-state index contributed by atoms with van der Waals surface area (Å²) in [6.07, 6.45) is 3.07. The van der Waals surface area contributed by atoms with Crippen molar-refractivity contribution in [2.75, 3.05) is 19.5 Å². The minimum absolute atomic E-state index is 0.268. The number of nitrogens with one attached hydrogen (secondary N) is 1. The van der Waals surface area contributed by atoms with E-state index in [0.29, 0.717) is 27.9 Å². The van der Waals surface area contributed by atoms with E-state index in [1.54, 1.807) is 18.2 Å². The van der Waals surface area contributed by atoms with E-state index in [9.17, 15) is 9.59 Å². The minimum atomic E-state index is -0.430. The molecule has 0 saturated heterocycles. The molecule has 0 radical (unpaired) electrons. The highest BCUT2D eigenvalue weighted by molar-refractivity contribution is 7.99. The van der Waals surface area contributed by atoms with Crippen LogP contribution in [0, 0.1) is 6.92 Å². The predicted octanol–water partition coefficient (Wildman–Crippen LogP) is 3.01. The number of methoxy groups -OCH3 is 2. The van der Waals surface area contributed by atoms with Gasteiger partial charge in [-0.25, -0.2) is 18.9 Å². The lowest BCUT2D eigenvalue weighted by Crippen LogP contribution is -2.28. The second-order valence-electron chi connectivity index (χ2n) is 6.90. The molecule has 10 heteroatoms. The summed E-state index contributed by atoms with van der Waals surface area (Å²) in [5.41, 5.74) is 1.54. The Bertz CT molecular complexity index is 1330. The number of carbonyl (C=O) groups is 1. The Morgan fingerprint density at radius 3 is 2.62 bits per heavy atom. The number of benzene rings is 2. The van der Waals surface area contributed by atoms with Gasteiger partial charge in [-0.05, 0) is 31.2 Å². The summed E-state index contributed by atoms with van der Waals surface area (Å²) in [6.45, 7) is 1.75. The standard InChI is InChI=1S/C22H21N5O4S/c1-14-4-7-16(8-5-14)32-21-20-25-27(22(29)26(20)11-10-23-21)13-19(28)24-17-12-15(30-2)6-9-18(17)31-3/h4-12H,13H2,1-3H3,(H,24,28). The molecule has 1 amide bonds. The fourth-order valence-electron chi connectivity index (χ4n) is 3.06. The van der Waals surface area contributed by atoms with Gasteiger partial charge in [-0.2, -0.15) is 0 Å². The largest absolute Gasteiger partial charge is 0.497 e. The molecule has 0 unspecified atom stereocenters. The van der Waals surface area contributed by atoms with E-state index >= 15 is 0 Å². The summed E-state index contributed by atoms with van der Waals surface area (Å²) in [7, 11) is 3.04. The molecular weight excluding hydrogens is 430 g/mol. The number of hydrogen-bond acceptors (Lipinski definition) is 7. The van der Waals surface area contributed by atoms with Gasteiger partial charge >= 0.3 is 5.69 Å². The molecule has 0 aliphatic carbocycles. The van der Waals surface area contributed by atoms with Crippen LogP contribution in [0.15, 0.2) is 69.6 Å². The number of fused-ring (bicyclic) bond motifs is 1. The quantitative estimate of drug-likeness (QED) is 0.461. The third kappa shape index (κ3) is 4.45. The third-order valence-corrected chi connectivity index (χ3v) is 5.67. The maximum Gasteiger partial charge on any atom is 0.350 e. The van der Waals surface area contributed by atoms with Crippen molar-refractivity contribution >= 4 is 29.0 Å². The van der Waals surface area contributed by atoms with Gasteiger partial charge in [0.1, 0.15) is 23.1 Å². The van der Waals surface area contributed by atoms with Crippen molar-refractivity contribution in [2.45, 2.75) is 23.4 Å². The van der Waals surface area contributed by atoms with E-state index in [1.807, 2.05) is 31.2 Å². The highest BCUT2D eigenvalue weighted by Gasteiger charge is 2.16. The lowest BCUT2D eigenvalue weighted by Gasteiger charge is -2.11. The van der Waals surface area contributed by atoms with Crippen molar-refractivity contribution in [3.8, 4) is 11.5 Å². The van der Waals surface area contributed by atoms with E-state index in [2.05, 4.69) is 15.4 Å². The number of aryl methyl sites for hydroxylation is 1. The van der Waals surface area contributed by atoms with Crippen LogP contribution in [0.3, 0.4) is 0 Å². The van der Waals surface area contributed by atoms with Crippen molar-refractivity contribution in [2.24, 2.45) is 0 Å². The average Bonchev–Trinajstić information content (AvgIpc) is 3.11. The van der Waals surface area contributed by atoms with Gasteiger partial charge in [0.2, 0.25) is 5.91 Å². The number of hydrogen-bond donors (Lipinski definition) is 1. The van der Waals surface area contributed by atoms with Gasteiger partial charge in [-0.3, -0.25) is 4.79 Å². The third-order valence-electron chi connectivity index (χ3n) is 4.68. The van der Waals surface area contributed by atoms with Crippen LogP contribution in [-0.4, -0.2) is 39.3 Å². The van der Waals surface area contributed by atoms with Gasteiger partial charge in [-0.15, -0.1) is 5.10 Å². The first-order valence-corrected chi connectivity index (χ1v) is 10.5. The summed E-state index contributed by atoms with van der Waals surface area (Å²) in [5, 5.41) is 7.66. The van der Waals surface area contributed by atoms with Crippen molar-refractivity contribution < 1.29 is 14.3 Å². The van der Waals surface area contributed by atoms with Crippen LogP contribution in [0.2, 0.25) is 0 Å². The molecule has 2 heterocycles. The fraction of sp³-hybridized carbons (Fsp3) is 0.182. The first-order chi connectivity index (χ1) is 15.5. The van der Waals surface area contributed by atoms with Gasteiger partial charge in [0.15, 0.2) is 5.65 Å². The first-order valence-electron chi connectivity index (χ1n) is 9.69. The molecule has 4 rings (SSSR count). The highest BCUT2D eigenvalue weighted by atomic mass is 32.2. The van der Waals surface area contributed by atoms with E-state index in [0.717, 1.165) is 15.1 Å². The summed E-state index contributed by atoms with van der Waals surface area (Å²) >= 11 is 1.40. The molecule has 0 spiro atoms. The van der Waals surface area contributed by atoms with Gasteiger partial charge in [-0.1, -0.05) is 29.5 Å². The topological polar surface area (TPSA) is 99.8 Å². The average molecular weight is 452 g/mol. The molecule has 1 N–H and O–H groups in total. The Morgan fingerprint density at radius 2 is 1.91 bits per heavy atom. The van der Waals surface area contributed by atoms with Gasteiger partial charge < -0.3 is 14.8 Å². The Labute approximate surface area is 188 Å². The monoisotopic (exact) mass is 451 g/mol. The molecular formula is C22H21N5O4S. The lowest BCUT2D eigenvalue weighted by atomic mass is 10.2. The number of nitrogens with zero attached hydrogens (tertiary/aromatic N) is 4. The first kappa shape index (κ1) is 21.4. The number of rotatable bonds is 7. The molecule has 0 fully saturated rings. The fourth-order valence-corrected chi connectivity index (χ4v) is 3.90. The van der Waals surface area contributed by atoms with Crippen LogP contribution in [0.4, 0.5) is 5.69 Å². The minimum Gasteiger partial charge on any atom is -0.497 e. The maximum atomic E-state index is 12.8. The summed E-state index contributed by atoms with van der Waals surface area (Å²) < 4.78 is 13.0. The second-order valence-corrected chi connectivity index (χ2v) is 7.96. The van der Waals surface area contributed by atoms with Crippen LogP contribution in [-0.2, 0) is 11.3 Å². The number of amides is 1. The number of aromatic nitrogens is 4. The molecule has 2 aromatic carbocycles. The zero-order valence-electron chi connectivity index (χ0n) is 17.7. The van der Waals surface area contributed by atoms with E-state index in [4.69, 9.17) is 9.47 Å². The molecule has 2 aromatic heterocycles. The van der Waals surface area contributed by atoms with Crippen LogP contribution in [0.1, 0.15) is 5.56 Å². The van der Waals surface area contributed by atoms with Gasteiger partial charge in [0, 0.05) is 23.4 Å². The number of carbonyl (C=O) groups excluding carboxylic acids is 1.